The van der Waals surface area contributed by atoms with Crippen molar-refractivity contribution in [2.45, 2.75) is 91.1 Å². The average molecular weight is 397 g/mol. The number of allylic oxidation sites excluding steroid dienone is 2. The van der Waals surface area contributed by atoms with E-state index in [9.17, 15) is 9.59 Å². The van der Waals surface area contributed by atoms with Crippen LogP contribution in [-0.2, 0) is 14.3 Å². The highest BCUT2D eigenvalue weighted by molar-refractivity contribution is 5.82. The predicted molar refractivity (Wildman–Crippen MR) is 114 cm³/mol. The summed E-state index contributed by atoms with van der Waals surface area (Å²) in [6.45, 7) is 8.63. The SMILES string of the molecule is C#CC1(OC(=O)C(C)CC)CCC2C3CC=C4CC(=O)CCC4(C)C3CCC21C. The largest absolute Gasteiger partial charge is 0.445 e. The van der Waals surface area contributed by atoms with E-state index < -0.39 is 5.60 Å². The molecule has 0 heterocycles. The first kappa shape index (κ1) is 20.7. The summed E-state index contributed by atoms with van der Waals surface area (Å²) < 4.78 is 6.16. The van der Waals surface area contributed by atoms with Crippen LogP contribution in [0.1, 0.15) is 85.5 Å². The molecule has 0 aromatic rings. The third-order valence-corrected chi connectivity index (χ3v) is 9.58. The Labute approximate surface area is 176 Å². The average Bonchev–Trinajstić information content (AvgIpc) is 3.00. The molecule has 3 heteroatoms. The van der Waals surface area contributed by atoms with Crippen LogP contribution in [0.4, 0.5) is 0 Å². The van der Waals surface area contributed by atoms with Gasteiger partial charge >= 0.3 is 5.97 Å². The summed E-state index contributed by atoms with van der Waals surface area (Å²) in [6.07, 6.45) is 16.6. The Balaban J connectivity index is 1.64. The van der Waals surface area contributed by atoms with E-state index in [1.165, 1.54) is 5.57 Å². The summed E-state index contributed by atoms with van der Waals surface area (Å²) in [5, 5.41) is 0. The third kappa shape index (κ3) is 2.85. The van der Waals surface area contributed by atoms with Crippen LogP contribution in [0.2, 0.25) is 0 Å². The molecular weight excluding hydrogens is 360 g/mol. The predicted octanol–water partition coefficient (Wildman–Crippen LogP) is 5.48. The molecule has 29 heavy (non-hydrogen) atoms. The van der Waals surface area contributed by atoms with Crippen LogP contribution in [0.15, 0.2) is 11.6 Å². The number of rotatable bonds is 3. The van der Waals surface area contributed by atoms with Gasteiger partial charge in [-0.2, -0.15) is 0 Å². The van der Waals surface area contributed by atoms with Gasteiger partial charge in [-0.25, -0.2) is 0 Å². The zero-order valence-electron chi connectivity index (χ0n) is 18.6. The van der Waals surface area contributed by atoms with Crippen LogP contribution >= 0.6 is 0 Å². The van der Waals surface area contributed by atoms with E-state index in [1.807, 2.05) is 13.8 Å². The number of esters is 1. The van der Waals surface area contributed by atoms with Gasteiger partial charge in [0.25, 0.3) is 0 Å². The number of fused-ring (bicyclic) bond motifs is 5. The zero-order chi connectivity index (χ0) is 21.0. The molecule has 158 valence electrons. The minimum absolute atomic E-state index is 0.113. The van der Waals surface area contributed by atoms with Crippen LogP contribution in [0.5, 0.6) is 0 Å². The summed E-state index contributed by atoms with van der Waals surface area (Å²) in [5.74, 6) is 4.81. The zero-order valence-corrected chi connectivity index (χ0v) is 18.6. The lowest BCUT2D eigenvalue weighted by Crippen LogP contribution is -2.55. The number of carbonyl (C=O) groups is 2. The van der Waals surface area contributed by atoms with Gasteiger partial charge in [-0.15, -0.1) is 6.42 Å². The Morgan fingerprint density at radius 3 is 2.69 bits per heavy atom. The van der Waals surface area contributed by atoms with E-state index >= 15 is 0 Å². The molecule has 4 aliphatic rings. The third-order valence-electron chi connectivity index (χ3n) is 9.58. The van der Waals surface area contributed by atoms with E-state index in [-0.39, 0.29) is 22.7 Å². The van der Waals surface area contributed by atoms with Crippen molar-refractivity contribution in [3.63, 3.8) is 0 Å². The first-order chi connectivity index (χ1) is 13.7. The lowest BCUT2D eigenvalue weighted by Gasteiger charge is -2.58. The Morgan fingerprint density at radius 1 is 1.28 bits per heavy atom. The standard InChI is InChI=1S/C26H36O3/c1-6-17(3)23(28)29-26(7-2)15-12-22-20-9-8-18-16-19(27)10-13-24(18,4)21(20)11-14-25(22,26)5/h2,8,17,20-22H,6,9-16H2,1,3-5H3. The number of terminal acetylenes is 1. The first-order valence-corrected chi connectivity index (χ1v) is 11.6. The van der Waals surface area contributed by atoms with Gasteiger partial charge in [0.15, 0.2) is 5.60 Å². The number of hydrogen-bond acceptors (Lipinski definition) is 3. The quantitative estimate of drug-likeness (QED) is 0.360. The van der Waals surface area contributed by atoms with Gasteiger partial charge in [-0.3, -0.25) is 9.59 Å². The maximum absolute atomic E-state index is 12.7. The first-order valence-electron chi connectivity index (χ1n) is 11.6. The lowest BCUT2D eigenvalue weighted by atomic mass is 9.47. The molecule has 0 saturated heterocycles. The molecule has 0 aromatic carbocycles. The van der Waals surface area contributed by atoms with Crippen LogP contribution in [0.25, 0.3) is 0 Å². The Morgan fingerprint density at radius 2 is 2.00 bits per heavy atom. The van der Waals surface area contributed by atoms with Crippen molar-refractivity contribution in [3.8, 4) is 12.3 Å². The minimum Gasteiger partial charge on any atom is -0.445 e. The van der Waals surface area contributed by atoms with Gasteiger partial charge in [0.05, 0.1) is 5.92 Å². The summed E-state index contributed by atoms with van der Waals surface area (Å²) >= 11 is 0. The molecule has 0 spiro atoms. The van der Waals surface area contributed by atoms with E-state index in [0.717, 1.165) is 51.4 Å². The number of ether oxygens (including phenoxy) is 1. The van der Waals surface area contributed by atoms with Crippen LogP contribution in [-0.4, -0.2) is 17.4 Å². The summed E-state index contributed by atoms with van der Waals surface area (Å²) in [4.78, 5) is 24.8. The van der Waals surface area contributed by atoms with Crippen LogP contribution in [0, 0.1) is 46.8 Å². The van der Waals surface area contributed by atoms with Gasteiger partial charge in [0.2, 0.25) is 0 Å². The lowest BCUT2D eigenvalue weighted by molar-refractivity contribution is -0.175. The van der Waals surface area contributed by atoms with Gasteiger partial charge in [0.1, 0.15) is 5.78 Å². The number of ketones is 1. The van der Waals surface area contributed by atoms with Gasteiger partial charge in [-0.05, 0) is 68.1 Å². The summed E-state index contributed by atoms with van der Waals surface area (Å²) in [6, 6.07) is 0. The van der Waals surface area contributed by atoms with Crippen LogP contribution in [0.3, 0.4) is 0 Å². The molecule has 4 rings (SSSR count). The highest BCUT2D eigenvalue weighted by atomic mass is 16.6. The molecule has 0 N–H and O–H groups in total. The smallest absolute Gasteiger partial charge is 0.310 e. The number of carbonyl (C=O) groups excluding carboxylic acids is 2. The van der Waals surface area contributed by atoms with Crippen molar-refractivity contribution in [2.75, 3.05) is 0 Å². The molecule has 0 radical (unpaired) electrons. The highest BCUT2D eigenvalue weighted by Gasteiger charge is 2.65. The normalized spacial score (nSPS) is 44.6. The van der Waals surface area contributed by atoms with Crippen molar-refractivity contribution in [3.05, 3.63) is 11.6 Å². The number of Topliss-reactive ketones (excluding diaryl/α,β-unsaturated/α-hetero) is 1. The van der Waals surface area contributed by atoms with Gasteiger partial charge in [-0.1, -0.05) is 45.3 Å². The van der Waals surface area contributed by atoms with Crippen molar-refractivity contribution < 1.29 is 14.3 Å². The molecular formula is C26H36O3. The fourth-order valence-corrected chi connectivity index (χ4v) is 7.35. The van der Waals surface area contributed by atoms with E-state index in [1.54, 1.807) is 0 Å². The second kappa shape index (κ2) is 7.00. The minimum atomic E-state index is -0.767. The van der Waals surface area contributed by atoms with Crippen LogP contribution < -0.4 is 0 Å². The Bertz CT molecular complexity index is 788. The van der Waals surface area contributed by atoms with Crippen molar-refractivity contribution in [2.24, 2.45) is 34.5 Å². The molecule has 3 saturated carbocycles. The second-order valence-electron chi connectivity index (χ2n) is 10.7. The fraction of sp³-hybridized carbons (Fsp3) is 0.769. The van der Waals surface area contributed by atoms with Gasteiger partial charge in [0, 0.05) is 18.3 Å². The maximum atomic E-state index is 12.7. The molecule has 0 bridgehead atoms. The van der Waals surface area contributed by atoms with E-state index in [2.05, 4.69) is 25.8 Å². The molecule has 4 aliphatic carbocycles. The molecule has 3 fully saturated rings. The fourth-order valence-electron chi connectivity index (χ4n) is 7.35. The molecule has 0 amide bonds. The van der Waals surface area contributed by atoms with Crippen molar-refractivity contribution >= 4 is 11.8 Å². The molecule has 3 nitrogen and oxygen atoms in total. The summed E-state index contributed by atoms with van der Waals surface area (Å²) in [5.41, 5.74) is 0.630. The summed E-state index contributed by atoms with van der Waals surface area (Å²) in [7, 11) is 0. The topological polar surface area (TPSA) is 43.4 Å². The Hall–Kier alpha value is -1.56. The number of hydrogen-bond donors (Lipinski definition) is 0. The molecule has 0 aliphatic heterocycles. The van der Waals surface area contributed by atoms with E-state index in [0.29, 0.717) is 30.0 Å². The second-order valence-corrected chi connectivity index (χ2v) is 10.7. The van der Waals surface area contributed by atoms with Gasteiger partial charge < -0.3 is 4.74 Å². The maximum Gasteiger partial charge on any atom is 0.310 e. The highest BCUT2D eigenvalue weighted by Crippen LogP contribution is 2.67. The molecule has 7 unspecified atom stereocenters. The molecule has 0 aromatic heterocycles. The Kier molecular flexibility index (Phi) is 5.00. The monoisotopic (exact) mass is 396 g/mol. The van der Waals surface area contributed by atoms with Crippen molar-refractivity contribution in [1.29, 1.82) is 0 Å². The van der Waals surface area contributed by atoms with Crippen molar-refractivity contribution in [1.82, 2.24) is 0 Å². The molecule has 7 atom stereocenters. The van der Waals surface area contributed by atoms with E-state index in [4.69, 9.17) is 11.2 Å².